The molecule has 0 saturated carbocycles. The number of aliphatic imine (C=N–C) groups is 1. The van der Waals surface area contributed by atoms with Gasteiger partial charge in [-0.15, -0.1) is 0 Å². The Morgan fingerprint density at radius 2 is 1.66 bits per heavy atom. The van der Waals surface area contributed by atoms with E-state index < -0.39 is 24.7 Å². The Balaban J connectivity index is 1.59. The number of piperidine rings is 1. The molecule has 10 heteroatoms. The molecule has 3 aromatic carbocycles. The van der Waals surface area contributed by atoms with Gasteiger partial charge in [0.1, 0.15) is 11.6 Å². The molecule has 236 valence electrons. The van der Waals surface area contributed by atoms with Gasteiger partial charge in [0, 0.05) is 42.0 Å². The molecule has 0 aliphatic carbocycles. The van der Waals surface area contributed by atoms with Gasteiger partial charge in [0.05, 0.1) is 11.4 Å². The van der Waals surface area contributed by atoms with Gasteiger partial charge in [-0.05, 0) is 81.5 Å². The van der Waals surface area contributed by atoms with E-state index in [1.165, 1.54) is 24.3 Å². The second kappa shape index (κ2) is 13.8. The van der Waals surface area contributed by atoms with Gasteiger partial charge in [-0.1, -0.05) is 49.9 Å². The van der Waals surface area contributed by atoms with Crippen LogP contribution in [0.15, 0.2) is 84.1 Å². The first-order valence-electron chi connectivity index (χ1n) is 14.7. The molecule has 1 saturated heterocycles. The molecule has 0 aromatic heterocycles. The van der Waals surface area contributed by atoms with E-state index in [1.54, 1.807) is 61.2 Å². The Morgan fingerprint density at radius 1 is 0.977 bits per heavy atom. The van der Waals surface area contributed by atoms with E-state index in [0.29, 0.717) is 38.6 Å². The highest BCUT2D eigenvalue weighted by Crippen LogP contribution is 2.37. The number of halogens is 6. The molecule has 0 radical (unpaired) electrons. The Hall–Kier alpha value is -3.95. The highest BCUT2D eigenvalue weighted by atomic mass is 19.4. The second-order valence-electron chi connectivity index (χ2n) is 11.2. The molecule has 0 bridgehead atoms. The molecule has 0 N–H and O–H groups in total. The van der Waals surface area contributed by atoms with Crippen molar-refractivity contribution in [1.82, 2.24) is 4.90 Å². The summed E-state index contributed by atoms with van der Waals surface area (Å²) in [6.07, 6.45) is -3.75. The van der Waals surface area contributed by atoms with Crippen molar-refractivity contribution >= 4 is 17.1 Å². The Bertz CT molecular complexity index is 1480. The number of hydrogen-bond donors (Lipinski definition) is 0. The predicted octanol–water partition coefficient (Wildman–Crippen LogP) is 9.07. The molecule has 0 spiro atoms. The molecule has 4 nitrogen and oxygen atoms in total. The van der Waals surface area contributed by atoms with Gasteiger partial charge in [-0.2, -0.15) is 22.0 Å². The molecular formula is C34H38F6N4. The summed E-state index contributed by atoms with van der Waals surface area (Å²) >= 11 is 0. The smallest absolute Gasteiger partial charge is 0.358 e. The van der Waals surface area contributed by atoms with Crippen LogP contribution in [0.5, 0.6) is 0 Å². The third kappa shape index (κ3) is 7.39. The highest BCUT2D eigenvalue weighted by molar-refractivity contribution is 6.14. The van der Waals surface area contributed by atoms with Gasteiger partial charge in [0.2, 0.25) is 0 Å². The zero-order valence-corrected chi connectivity index (χ0v) is 25.4. The van der Waals surface area contributed by atoms with Crippen LogP contribution in [0, 0.1) is 19.7 Å². The fourth-order valence-corrected chi connectivity index (χ4v) is 5.60. The van der Waals surface area contributed by atoms with Crippen molar-refractivity contribution in [1.29, 1.82) is 0 Å². The topological polar surface area (TPSA) is 22.1 Å². The summed E-state index contributed by atoms with van der Waals surface area (Å²) in [7, 11) is 0. The van der Waals surface area contributed by atoms with Crippen molar-refractivity contribution in [2.75, 3.05) is 22.9 Å². The van der Waals surface area contributed by atoms with Crippen molar-refractivity contribution < 1.29 is 26.3 Å². The van der Waals surface area contributed by atoms with E-state index in [1.807, 2.05) is 13.8 Å². The van der Waals surface area contributed by atoms with Crippen molar-refractivity contribution in [3.63, 3.8) is 0 Å². The standard InChI is InChI=1S/C34H38F6N4/c1-6-24(4)41-32(26-11-9-12-27(35)21-26)30-15-14-29(20-23(30)3)44(34(38,39)40)28-16-18-42(19-17-28)25(5)43(33(36)37)31-13-8-7-10-22(31)2/h7-15,20-21,24,28,33H,5-6,16-19H2,1-4H3. The van der Waals surface area contributed by atoms with Crippen molar-refractivity contribution in [2.45, 2.75) is 71.9 Å². The maximum absolute atomic E-state index is 14.6. The SMILES string of the molecule is C=C(N1CCC(N(c2ccc(C(=NC(C)CC)c3cccc(F)c3)c(C)c2)C(F)(F)F)CC1)N(c1ccccc1C)C(F)F. The van der Waals surface area contributed by atoms with Gasteiger partial charge in [0.15, 0.2) is 0 Å². The summed E-state index contributed by atoms with van der Waals surface area (Å²) < 4.78 is 86.2. The lowest BCUT2D eigenvalue weighted by atomic mass is 9.96. The van der Waals surface area contributed by atoms with Crippen LogP contribution in [0.1, 0.15) is 55.4 Å². The van der Waals surface area contributed by atoms with Gasteiger partial charge >= 0.3 is 12.8 Å². The number of nitrogens with zero attached hydrogens (tertiary/aromatic N) is 4. The van der Waals surface area contributed by atoms with Crippen LogP contribution in [-0.4, -0.2) is 48.6 Å². The van der Waals surface area contributed by atoms with Crippen LogP contribution >= 0.6 is 0 Å². The molecule has 1 aliphatic heterocycles. The largest absolute Gasteiger partial charge is 0.485 e. The summed E-state index contributed by atoms with van der Waals surface area (Å²) in [4.78, 5) is 7.68. The van der Waals surface area contributed by atoms with Crippen LogP contribution in [0.4, 0.5) is 37.7 Å². The number of anilines is 2. The molecule has 0 amide bonds. The quantitative estimate of drug-likeness (QED) is 0.129. The van der Waals surface area contributed by atoms with Crippen LogP contribution in [-0.2, 0) is 0 Å². The maximum Gasteiger partial charge on any atom is 0.485 e. The fourth-order valence-electron chi connectivity index (χ4n) is 5.60. The van der Waals surface area contributed by atoms with Crippen molar-refractivity contribution in [2.24, 2.45) is 4.99 Å². The lowest BCUT2D eigenvalue weighted by molar-refractivity contribution is -0.136. The first-order valence-corrected chi connectivity index (χ1v) is 14.7. The van der Waals surface area contributed by atoms with Crippen LogP contribution in [0.25, 0.3) is 0 Å². The minimum Gasteiger partial charge on any atom is -0.358 e. The number of benzene rings is 3. The molecule has 1 unspecified atom stereocenters. The fraction of sp³-hybridized carbons (Fsp3) is 0.382. The monoisotopic (exact) mass is 616 g/mol. The summed E-state index contributed by atoms with van der Waals surface area (Å²) in [5.41, 5.74) is 3.18. The predicted molar refractivity (Wildman–Crippen MR) is 165 cm³/mol. The molecule has 1 atom stereocenters. The van der Waals surface area contributed by atoms with Gasteiger partial charge < -0.3 is 4.90 Å². The molecule has 44 heavy (non-hydrogen) atoms. The van der Waals surface area contributed by atoms with E-state index in [2.05, 4.69) is 6.58 Å². The van der Waals surface area contributed by atoms with E-state index in [0.717, 1.165) is 11.3 Å². The third-order valence-corrected chi connectivity index (χ3v) is 8.10. The Labute approximate surface area is 255 Å². The summed E-state index contributed by atoms with van der Waals surface area (Å²) in [6.45, 7) is 8.63. The first-order chi connectivity index (χ1) is 20.8. The van der Waals surface area contributed by atoms with Gasteiger partial charge in [0.25, 0.3) is 0 Å². The zero-order valence-electron chi connectivity index (χ0n) is 25.4. The zero-order chi connectivity index (χ0) is 32.2. The van der Waals surface area contributed by atoms with E-state index in [-0.39, 0.29) is 43.5 Å². The van der Waals surface area contributed by atoms with E-state index in [4.69, 9.17) is 4.99 Å². The molecule has 3 aromatic rings. The third-order valence-electron chi connectivity index (χ3n) is 8.10. The number of aryl methyl sites for hydroxylation is 2. The second-order valence-corrected chi connectivity index (χ2v) is 11.2. The Kier molecular flexibility index (Phi) is 10.3. The van der Waals surface area contributed by atoms with Crippen molar-refractivity contribution in [3.05, 3.63) is 107 Å². The lowest BCUT2D eigenvalue weighted by Gasteiger charge is -2.43. The van der Waals surface area contributed by atoms with Crippen LogP contribution in [0.2, 0.25) is 0 Å². The van der Waals surface area contributed by atoms with Gasteiger partial charge in [-0.3, -0.25) is 14.8 Å². The molecular weight excluding hydrogens is 578 g/mol. The molecule has 1 heterocycles. The van der Waals surface area contributed by atoms with Gasteiger partial charge in [-0.25, -0.2) is 4.39 Å². The average Bonchev–Trinajstić information content (AvgIpc) is 2.97. The summed E-state index contributed by atoms with van der Waals surface area (Å²) in [5.74, 6) is -0.376. The average molecular weight is 617 g/mol. The molecule has 1 fully saturated rings. The number of likely N-dealkylation sites (tertiary alicyclic amines) is 1. The van der Waals surface area contributed by atoms with Crippen LogP contribution in [0.3, 0.4) is 0 Å². The number of alkyl halides is 5. The highest BCUT2D eigenvalue weighted by Gasteiger charge is 2.43. The van der Waals surface area contributed by atoms with E-state index >= 15 is 0 Å². The van der Waals surface area contributed by atoms with Crippen LogP contribution < -0.4 is 9.80 Å². The summed E-state index contributed by atoms with van der Waals surface area (Å²) in [6, 6.07) is 16.2. The first kappa shape index (κ1) is 33.0. The number of rotatable bonds is 10. The number of para-hydroxylation sites is 1. The lowest BCUT2D eigenvalue weighted by Crippen LogP contribution is -2.52. The minimum absolute atomic E-state index is 0.0210. The molecule has 1 aliphatic rings. The Morgan fingerprint density at radius 3 is 2.23 bits per heavy atom. The summed E-state index contributed by atoms with van der Waals surface area (Å²) in [5, 5.41) is 0. The normalized spacial score (nSPS) is 15.4. The molecule has 4 rings (SSSR count). The van der Waals surface area contributed by atoms with Crippen molar-refractivity contribution in [3.8, 4) is 0 Å². The number of hydrogen-bond acceptors (Lipinski definition) is 4. The minimum atomic E-state index is -4.68. The van der Waals surface area contributed by atoms with E-state index in [9.17, 15) is 26.3 Å². The maximum atomic E-state index is 14.6.